The lowest BCUT2D eigenvalue weighted by Gasteiger charge is -2.30. The van der Waals surface area contributed by atoms with Gasteiger partial charge >= 0.3 is 6.03 Å². The number of rotatable bonds is 3. The van der Waals surface area contributed by atoms with Crippen molar-refractivity contribution in [3.8, 4) is 6.07 Å². The fourth-order valence-corrected chi connectivity index (χ4v) is 4.09. The number of ether oxygens (including phenoxy) is 1. The van der Waals surface area contributed by atoms with Gasteiger partial charge in [0.2, 0.25) is 0 Å². The molecule has 5 heteroatoms. The molecule has 2 atom stereocenters. The average molecular weight is 311 g/mol. The monoisotopic (exact) mass is 311 g/mol. The molecule has 2 aliphatic heterocycles. The van der Waals surface area contributed by atoms with Crippen LogP contribution in [0.3, 0.4) is 0 Å². The largest absolute Gasteiger partial charge is 0.381 e. The predicted molar refractivity (Wildman–Crippen MR) is 84.6 cm³/mol. The second-order valence-corrected chi connectivity index (χ2v) is 6.78. The second kappa shape index (κ2) is 5.86. The molecule has 0 spiro atoms. The third-order valence-corrected chi connectivity index (χ3v) is 5.54. The molecule has 2 heterocycles. The van der Waals surface area contributed by atoms with Crippen LogP contribution in [0.5, 0.6) is 0 Å². The van der Waals surface area contributed by atoms with Crippen LogP contribution >= 0.6 is 0 Å². The minimum atomic E-state index is 0.0345. The first-order valence-electron chi connectivity index (χ1n) is 8.35. The fourth-order valence-electron chi connectivity index (χ4n) is 4.09. The number of fused-ring (bicyclic) bond motifs is 2. The molecular weight excluding hydrogens is 290 g/mol. The van der Waals surface area contributed by atoms with Gasteiger partial charge in [0.05, 0.1) is 25.7 Å². The van der Waals surface area contributed by atoms with Gasteiger partial charge in [0.25, 0.3) is 0 Å². The summed E-state index contributed by atoms with van der Waals surface area (Å²) in [4.78, 5) is 14.3. The van der Waals surface area contributed by atoms with E-state index in [0.717, 1.165) is 38.3 Å². The Bertz CT molecular complexity index is 657. The average Bonchev–Trinajstić information content (AvgIpc) is 3.00. The lowest BCUT2D eigenvalue weighted by Crippen LogP contribution is -2.43. The van der Waals surface area contributed by atoms with Gasteiger partial charge < -0.3 is 15.0 Å². The number of hydrogen-bond acceptors (Lipinski definition) is 3. The summed E-state index contributed by atoms with van der Waals surface area (Å²) in [5, 5.41) is 12.0. The summed E-state index contributed by atoms with van der Waals surface area (Å²) in [5.74, 6) is 1.96. The van der Waals surface area contributed by atoms with Gasteiger partial charge in [-0.1, -0.05) is 18.2 Å². The van der Waals surface area contributed by atoms with Crippen molar-refractivity contribution in [2.75, 3.05) is 26.3 Å². The highest BCUT2D eigenvalue weighted by Gasteiger charge is 2.53. The third kappa shape index (κ3) is 2.68. The molecule has 1 aromatic carbocycles. The molecule has 0 bridgehead atoms. The van der Waals surface area contributed by atoms with Crippen LogP contribution in [0.15, 0.2) is 18.2 Å². The summed E-state index contributed by atoms with van der Waals surface area (Å²) >= 11 is 0. The summed E-state index contributed by atoms with van der Waals surface area (Å²) in [6.07, 6.45) is 1.28. The van der Waals surface area contributed by atoms with Crippen molar-refractivity contribution in [3.63, 3.8) is 0 Å². The van der Waals surface area contributed by atoms with Crippen molar-refractivity contribution in [1.29, 1.82) is 5.26 Å². The van der Waals surface area contributed by atoms with Gasteiger partial charge in [-0.3, -0.25) is 0 Å². The molecule has 5 nitrogen and oxygen atoms in total. The first-order chi connectivity index (χ1) is 11.3. The summed E-state index contributed by atoms with van der Waals surface area (Å²) in [6.45, 7) is 3.87. The Morgan fingerprint density at radius 1 is 1.39 bits per heavy atom. The third-order valence-electron chi connectivity index (χ3n) is 5.54. The van der Waals surface area contributed by atoms with Crippen molar-refractivity contribution < 1.29 is 9.53 Å². The van der Waals surface area contributed by atoms with Gasteiger partial charge in [0.15, 0.2) is 0 Å². The van der Waals surface area contributed by atoms with Gasteiger partial charge in [-0.05, 0) is 40.9 Å². The van der Waals surface area contributed by atoms with E-state index in [1.807, 2.05) is 17.0 Å². The molecule has 3 aliphatic rings. The minimum Gasteiger partial charge on any atom is -0.381 e. The van der Waals surface area contributed by atoms with Gasteiger partial charge in [-0.25, -0.2) is 4.79 Å². The Balaban J connectivity index is 1.35. The normalized spacial score (nSPS) is 27.8. The van der Waals surface area contributed by atoms with Gasteiger partial charge in [-0.15, -0.1) is 0 Å². The van der Waals surface area contributed by atoms with Gasteiger partial charge in [0, 0.05) is 19.6 Å². The van der Waals surface area contributed by atoms with E-state index in [0.29, 0.717) is 30.7 Å². The maximum absolute atomic E-state index is 12.4. The fraction of sp³-hybridized carbons (Fsp3) is 0.556. The zero-order chi connectivity index (χ0) is 15.8. The summed E-state index contributed by atoms with van der Waals surface area (Å²) < 4.78 is 5.38. The first kappa shape index (κ1) is 14.5. The van der Waals surface area contributed by atoms with E-state index in [4.69, 9.17) is 10.00 Å². The number of nitriles is 1. The Morgan fingerprint density at radius 3 is 3.00 bits per heavy atom. The molecule has 2 amide bonds. The number of urea groups is 1. The number of nitrogens with one attached hydrogen (secondary N) is 1. The second-order valence-electron chi connectivity index (χ2n) is 6.78. The molecule has 1 saturated heterocycles. The van der Waals surface area contributed by atoms with Crippen molar-refractivity contribution in [2.24, 2.45) is 17.8 Å². The number of hydrogen-bond donors (Lipinski definition) is 1. The van der Waals surface area contributed by atoms with Crippen molar-refractivity contribution in [1.82, 2.24) is 10.2 Å². The minimum absolute atomic E-state index is 0.0345. The highest BCUT2D eigenvalue weighted by molar-refractivity contribution is 5.74. The molecule has 0 radical (unpaired) electrons. The van der Waals surface area contributed by atoms with E-state index in [1.54, 1.807) is 0 Å². The van der Waals surface area contributed by atoms with Crippen LogP contribution in [0.4, 0.5) is 4.79 Å². The van der Waals surface area contributed by atoms with Crippen LogP contribution in [-0.4, -0.2) is 37.2 Å². The number of amides is 2. The maximum atomic E-state index is 12.4. The van der Waals surface area contributed by atoms with Gasteiger partial charge in [-0.2, -0.15) is 5.26 Å². The van der Waals surface area contributed by atoms with E-state index in [9.17, 15) is 4.79 Å². The molecule has 1 aliphatic carbocycles. The molecule has 2 fully saturated rings. The first-order valence-corrected chi connectivity index (χ1v) is 8.35. The van der Waals surface area contributed by atoms with E-state index in [2.05, 4.69) is 17.5 Å². The molecule has 120 valence electrons. The highest BCUT2D eigenvalue weighted by atomic mass is 16.5. The van der Waals surface area contributed by atoms with Crippen LogP contribution in [0.25, 0.3) is 0 Å². The number of carbonyl (C=O) groups excluding carboxylic acids is 1. The zero-order valence-electron chi connectivity index (χ0n) is 13.1. The van der Waals surface area contributed by atoms with Crippen molar-refractivity contribution in [3.05, 3.63) is 34.9 Å². The smallest absolute Gasteiger partial charge is 0.317 e. The van der Waals surface area contributed by atoms with E-state index in [-0.39, 0.29) is 6.03 Å². The molecule has 23 heavy (non-hydrogen) atoms. The quantitative estimate of drug-likeness (QED) is 0.924. The SMILES string of the molecule is N#CCc1cccc2c1CCN(C(=O)NCC1C3COCC13)C2. The van der Waals surface area contributed by atoms with E-state index < -0.39 is 0 Å². The highest BCUT2D eigenvalue weighted by Crippen LogP contribution is 2.50. The lowest BCUT2D eigenvalue weighted by molar-refractivity contribution is 0.149. The van der Waals surface area contributed by atoms with Crippen LogP contribution in [0.2, 0.25) is 0 Å². The Labute approximate surface area is 136 Å². The van der Waals surface area contributed by atoms with E-state index in [1.165, 1.54) is 11.1 Å². The topological polar surface area (TPSA) is 65.4 Å². The Hall–Kier alpha value is -2.06. The molecular formula is C18H21N3O2. The zero-order valence-corrected chi connectivity index (χ0v) is 13.1. The summed E-state index contributed by atoms with van der Waals surface area (Å²) in [5.41, 5.74) is 3.54. The maximum Gasteiger partial charge on any atom is 0.317 e. The van der Waals surface area contributed by atoms with Crippen molar-refractivity contribution >= 4 is 6.03 Å². The van der Waals surface area contributed by atoms with Crippen LogP contribution in [0, 0.1) is 29.1 Å². The van der Waals surface area contributed by atoms with Crippen LogP contribution in [0.1, 0.15) is 16.7 Å². The van der Waals surface area contributed by atoms with Crippen molar-refractivity contribution in [2.45, 2.75) is 19.4 Å². The van der Waals surface area contributed by atoms with Crippen LogP contribution in [-0.2, 0) is 24.1 Å². The van der Waals surface area contributed by atoms with Crippen LogP contribution < -0.4 is 5.32 Å². The molecule has 2 unspecified atom stereocenters. The molecule has 4 rings (SSSR count). The Kier molecular flexibility index (Phi) is 3.70. The summed E-state index contributed by atoms with van der Waals surface area (Å²) in [7, 11) is 0. The Morgan fingerprint density at radius 2 is 2.22 bits per heavy atom. The van der Waals surface area contributed by atoms with Gasteiger partial charge in [0.1, 0.15) is 0 Å². The summed E-state index contributed by atoms with van der Waals surface area (Å²) in [6, 6.07) is 8.33. The standard InChI is InChI=1S/C18H21N3O2/c19-6-4-12-2-1-3-13-9-21(7-5-14(12)13)18(22)20-8-15-16-10-23-11-17(15)16/h1-3,15-17H,4-5,7-11H2,(H,20,22). The lowest BCUT2D eigenvalue weighted by atomic mass is 9.93. The molecule has 0 aromatic heterocycles. The molecule has 1 saturated carbocycles. The molecule has 1 N–H and O–H groups in total. The number of carbonyl (C=O) groups is 1. The predicted octanol–water partition coefficient (Wildman–Crippen LogP) is 1.71. The van der Waals surface area contributed by atoms with E-state index >= 15 is 0 Å². The molecule has 1 aromatic rings. The number of nitrogens with zero attached hydrogens (tertiary/aromatic N) is 2. The number of benzene rings is 1.